The molecule has 124 valence electrons. The second kappa shape index (κ2) is 6.82. The van der Waals surface area contributed by atoms with Gasteiger partial charge in [0.05, 0.1) is 0 Å². The molecule has 0 fully saturated rings. The van der Waals surface area contributed by atoms with Crippen molar-refractivity contribution in [1.29, 1.82) is 0 Å². The van der Waals surface area contributed by atoms with Crippen LogP contribution in [0.15, 0.2) is 48.5 Å². The van der Waals surface area contributed by atoms with E-state index in [1.165, 1.54) is 24.3 Å². The molecule has 0 N–H and O–H groups in total. The molecule has 0 aromatic heterocycles. The Morgan fingerprint density at radius 2 is 1.09 bits per heavy atom. The summed E-state index contributed by atoms with van der Waals surface area (Å²) < 4.78 is 26.6. The van der Waals surface area contributed by atoms with Crippen molar-refractivity contribution >= 4 is 0 Å². The van der Waals surface area contributed by atoms with Crippen LogP contribution in [-0.2, 0) is 0 Å². The molecule has 0 saturated carbocycles. The highest BCUT2D eigenvalue weighted by Gasteiger charge is 2.36. The predicted molar refractivity (Wildman–Crippen MR) is 92.6 cm³/mol. The van der Waals surface area contributed by atoms with Crippen molar-refractivity contribution < 1.29 is 8.78 Å². The van der Waals surface area contributed by atoms with E-state index in [-0.39, 0.29) is 28.9 Å². The van der Waals surface area contributed by atoms with Crippen LogP contribution < -0.4 is 0 Å². The van der Waals surface area contributed by atoms with Crippen LogP contribution in [0.25, 0.3) is 0 Å². The number of rotatable bonds is 4. The van der Waals surface area contributed by atoms with Crippen LogP contribution in [0.2, 0.25) is 0 Å². The van der Waals surface area contributed by atoms with Gasteiger partial charge in [-0.05, 0) is 58.6 Å². The van der Waals surface area contributed by atoms with E-state index < -0.39 is 0 Å². The highest BCUT2D eigenvalue weighted by molar-refractivity contribution is 5.31. The second-order valence-corrected chi connectivity index (χ2v) is 7.72. The summed E-state index contributed by atoms with van der Waals surface area (Å²) in [4.78, 5) is 0. The van der Waals surface area contributed by atoms with Gasteiger partial charge in [-0.15, -0.1) is 0 Å². The molecule has 0 saturated heterocycles. The van der Waals surface area contributed by atoms with Gasteiger partial charge in [-0.1, -0.05) is 58.9 Å². The highest BCUT2D eigenvalue weighted by Crippen LogP contribution is 2.48. The molecule has 2 aromatic rings. The standard InChI is InChI=1S/C21H26F2/c1-14(2)19(15-6-10-17(22)11-7-15)20(21(3,4)5)16-8-12-18(23)13-9-16/h6-14,19-20H,1-5H3. The van der Waals surface area contributed by atoms with Gasteiger partial charge in [-0.2, -0.15) is 0 Å². The van der Waals surface area contributed by atoms with Crippen molar-refractivity contribution in [2.24, 2.45) is 11.3 Å². The third kappa shape index (κ3) is 4.19. The van der Waals surface area contributed by atoms with Crippen LogP contribution in [0.1, 0.15) is 57.6 Å². The van der Waals surface area contributed by atoms with Crippen LogP contribution in [-0.4, -0.2) is 0 Å². The maximum atomic E-state index is 13.3. The lowest BCUT2D eigenvalue weighted by Gasteiger charge is -2.40. The molecule has 0 aliphatic carbocycles. The number of benzene rings is 2. The Balaban J connectivity index is 2.54. The molecule has 0 aliphatic heterocycles. The molecule has 0 bridgehead atoms. The fourth-order valence-electron chi connectivity index (χ4n) is 3.56. The van der Waals surface area contributed by atoms with Gasteiger partial charge in [0, 0.05) is 0 Å². The van der Waals surface area contributed by atoms with Crippen LogP contribution in [0.5, 0.6) is 0 Å². The monoisotopic (exact) mass is 316 g/mol. The molecule has 23 heavy (non-hydrogen) atoms. The Bertz CT molecular complexity index is 618. The van der Waals surface area contributed by atoms with Crippen molar-refractivity contribution in [3.05, 3.63) is 71.3 Å². The van der Waals surface area contributed by atoms with Gasteiger partial charge in [-0.25, -0.2) is 8.78 Å². The SMILES string of the molecule is CC(C)C(c1ccc(F)cc1)C(c1ccc(F)cc1)C(C)(C)C. The lowest BCUT2D eigenvalue weighted by atomic mass is 9.64. The van der Waals surface area contributed by atoms with Crippen LogP contribution in [0.4, 0.5) is 8.78 Å². The van der Waals surface area contributed by atoms with Gasteiger partial charge in [0.25, 0.3) is 0 Å². The Morgan fingerprint density at radius 3 is 1.43 bits per heavy atom. The summed E-state index contributed by atoms with van der Waals surface area (Å²) in [5.41, 5.74) is 2.26. The van der Waals surface area contributed by atoms with E-state index in [0.29, 0.717) is 5.92 Å². The molecule has 0 spiro atoms. The van der Waals surface area contributed by atoms with Crippen molar-refractivity contribution in [2.75, 3.05) is 0 Å². The van der Waals surface area contributed by atoms with E-state index in [2.05, 4.69) is 34.6 Å². The fourth-order valence-corrected chi connectivity index (χ4v) is 3.56. The first-order valence-corrected chi connectivity index (χ1v) is 8.21. The van der Waals surface area contributed by atoms with Crippen molar-refractivity contribution in [3.63, 3.8) is 0 Å². The summed E-state index contributed by atoms with van der Waals surface area (Å²) in [5.74, 6) is 0.402. The third-order valence-electron chi connectivity index (χ3n) is 4.49. The Morgan fingerprint density at radius 1 is 0.696 bits per heavy atom. The molecule has 0 radical (unpaired) electrons. The van der Waals surface area contributed by atoms with Gasteiger partial charge < -0.3 is 0 Å². The summed E-state index contributed by atoms with van der Waals surface area (Å²) in [6, 6.07) is 13.6. The molecule has 0 amide bonds. The topological polar surface area (TPSA) is 0 Å². The molecular weight excluding hydrogens is 290 g/mol. The minimum absolute atomic E-state index is 0.00114. The minimum atomic E-state index is -0.218. The van der Waals surface area contributed by atoms with Crippen LogP contribution in [0, 0.1) is 23.0 Å². The molecule has 0 heterocycles. The minimum Gasteiger partial charge on any atom is -0.207 e. The second-order valence-electron chi connectivity index (χ2n) is 7.72. The molecule has 2 heteroatoms. The molecule has 2 atom stereocenters. The molecular formula is C21H26F2. The largest absolute Gasteiger partial charge is 0.207 e. The van der Waals surface area contributed by atoms with Gasteiger partial charge in [0.1, 0.15) is 11.6 Å². The van der Waals surface area contributed by atoms with E-state index >= 15 is 0 Å². The predicted octanol–water partition coefficient (Wildman–Crippen LogP) is 6.53. The van der Waals surface area contributed by atoms with Gasteiger partial charge >= 0.3 is 0 Å². The van der Waals surface area contributed by atoms with Crippen molar-refractivity contribution in [3.8, 4) is 0 Å². The Labute approximate surface area is 138 Å². The van der Waals surface area contributed by atoms with E-state index in [1.54, 1.807) is 0 Å². The maximum absolute atomic E-state index is 13.3. The molecule has 2 unspecified atom stereocenters. The average molecular weight is 316 g/mol. The maximum Gasteiger partial charge on any atom is 0.123 e. The normalized spacial score (nSPS) is 14.8. The number of hydrogen-bond acceptors (Lipinski definition) is 0. The zero-order valence-electron chi connectivity index (χ0n) is 14.6. The number of hydrogen-bond donors (Lipinski definition) is 0. The quantitative estimate of drug-likeness (QED) is 0.601. The lowest BCUT2D eigenvalue weighted by molar-refractivity contribution is 0.244. The van der Waals surface area contributed by atoms with Gasteiger partial charge in [0.15, 0.2) is 0 Å². The number of halogens is 2. The molecule has 0 aliphatic rings. The fraction of sp³-hybridized carbons (Fsp3) is 0.429. The van der Waals surface area contributed by atoms with Gasteiger partial charge in [0.2, 0.25) is 0 Å². The summed E-state index contributed by atoms with van der Waals surface area (Å²) in [5, 5.41) is 0. The van der Waals surface area contributed by atoms with Gasteiger partial charge in [-0.3, -0.25) is 0 Å². The summed E-state index contributed by atoms with van der Waals surface area (Å²) >= 11 is 0. The van der Waals surface area contributed by atoms with Crippen LogP contribution in [0.3, 0.4) is 0 Å². The first kappa shape index (κ1) is 17.7. The van der Waals surface area contributed by atoms with E-state index in [1.807, 2.05) is 24.3 Å². The van der Waals surface area contributed by atoms with Crippen molar-refractivity contribution in [1.82, 2.24) is 0 Å². The highest BCUT2D eigenvalue weighted by atomic mass is 19.1. The van der Waals surface area contributed by atoms with E-state index in [9.17, 15) is 8.78 Å². The summed E-state index contributed by atoms with van der Waals surface area (Å²) in [6.45, 7) is 11.0. The summed E-state index contributed by atoms with van der Waals surface area (Å²) in [6.07, 6.45) is 0. The molecule has 2 aromatic carbocycles. The zero-order chi connectivity index (χ0) is 17.2. The Kier molecular flexibility index (Phi) is 5.23. The smallest absolute Gasteiger partial charge is 0.123 e. The lowest BCUT2D eigenvalue weighted by Crippen LogP contribution is -2.28. The Hall–Kier alpha value is -1.70. The summed E-state index contributed by atoms with van der Waals surface area (Å²) in [7, 11) is 0. The van der Waals surface area contributed by atoms with E-state index in [4.69, 9.17) is 0 Å². The van der Waals surface area contributed by atoms with E-state index in [0.717, 1.165) is 11.1 Å². The zero-order valence-corrected chi connectivity index (χ0v) is 14.6. The average Bonchev–Trinajstić information content (AvgIpc) is 2.45. The first-order valence-electron chi connectivity index (χ1n) is 8.21. The first-order chi connectivity index (χ1) is 10.7. The van der Waals surface area contributed by atoms with Crippen molar-refractivity contribution in [2.45, 2.75) is 46.5 Å². The molecule has 2 rings (SSSR count). The third-order valence-corrected chi connectivity index (χ3v) is 4.49. The van der Waals surface area contributed by atoms with Crippen LogP contribution >= 0.6 is 0 Å². The molecule has 0 nitrogen and oxygen atoms in total.